The summed E-state index contributed by atoms with van der Waals surface area (Å²) in [5.41, 5.74) is 0. The molecule has 0 spiro atoms. The van der Waals surface area contributed by atoms with Crippen LogP contribution in [-0.4, -0.2) is 32.3 Å². The van der Waals surface area contributed by atoms with Crippen LogP contribution in [0.5, 0.6) is 0 Å². The zero-order chi connectivity index (χ0) is 21.0. The zero-order valence-corrected chi connectivity index (χ0v) is 17.5. The molecule has 26 heavy (non-hydrogen) atoms. The first-order valence-corrected chi connectivity index (χ1v) is 11.3. The fraction of sp³-hybridized carbons (Fsp3) is 0.429. The van der Waals surface area contributed by atoms with Crippen molar-refractivity contribution in [2.75, 3.05) is 13.3 Å². The van der Waals surface area contributed by atoms with E-state index < -0.39 is 15.2 Å². The molecule has 0 saturated carbocycles. The third-order valence-electron chi connectivity index (χ3n) is 2.06. The monoisotopic (exact) mass is 410 g/mol. The van der Waals surface area contributed by atoms with Gasteiger partial charge in [0.15, 0.2) is 0 Å². The highest BCUT2D eigenvalue weighted by Crippen LogP contribution is 2.20. The fourth-order valence-electron chi connectivity index (χ4n) is 1.33. The smallest absolute Gasteiger partial charge is 0.243 e. The summed E-state index contributed by atoms with van der Waals surface area (Å²) in [5.74, 6) is 0. The van der Waals surface area contributed by atoms with E-state index in [1.54, 1.807) is 0 Å². The summed E-state index contributed by atoms with van der Waals surface area (Å²) in [4.78, 5) is 33.5. The van der Waals surface area contributed by atoms with Gasteiger partial charge in [-0.05, 0) is 0 Å². The van der Waals surface area contributed by atoms with Gasteiger partial charge < -0.3 is 28.7 Å². The second-order valence-corrected chi connectivity index (χ2v) is 8.63. The van der Waals surface area contributed by atoms with Crippen LogP contribution in [0.4, 0.5) is 0 Å². The maximum Gasteiger partial charge on any atom is 0.243 e. The summed E-state index contributed by atoms with van der Waals surface area (Å²) in [5, 5.41) is 0. The SMILES string of the molecule is C=CCn1cc[n+](C)c1.CP(=O)([O-])O.CP(=O)([O-])O.Cn1cc[n+](C)c1. The van der Waals surface area contributed by atoms with E-state index in [0.717, 1.165) is 19.9 Å². The largest absolute Gasteiger partial charge is 0.779 e. The van der Waals surface area contributed by atoms with E-state index in [4.69, 9.17) is 9.79 Å². The van der Waals surface area contributed by atoms with E-state index in [9.17, 15) is 18.9 Å². The third-order valence-corrected chi connectivity index (χ3v) is 2.06. The standard InChI is InChI=1S/C7H11N2.C5H9N2.2CH5O3P/c1-3-4-9-6-5-8(2)7-9;1-6-3-4-7(2)5-6;2*1-5(2,3)4/h3,5-7H,1,4H2,2H3;3-5H,1-2H3;2*1H3,(H2,2,3,4)/q2*+1;;/p-2. The lowest BCUT2D eigenvalue weighted by molar-refractivity contribution is -0.671. The lowest BCUT2D eigenvalue weighted by Gasteiger charge is -2.04. The number of hydrogen-bond acceptors (Lipinski definition) is 4. The van der Waals surface area contributed by atoms with Gasteiger partial charge in [-0.15, -0.1) is 0 Å². The van der Waals surface area contributed by atoms with E-state index >= 15 is 0 Å². The molecular weight excluding hydrogens is 382 g/mol. The Morgan fingerprint density at radius 2 is 1.42 bits per heavy atom. The van der Waals surface area contributed by atoms with Gasteiger partial charge in [-0.2, -0.15) is 0 Å². The van der Waals surface area contributed by atoms with Crippen molar-refractivity contribution in [3.63, 3.8) is 0 Å². The fourth-order valence-corrected chi connectivity index (χ4v) is 1.33. The molecule has 2 atom stereocenters. The van der Waals surface area contributed by atoms with E-state index in [1.165, 1.54) is 0 Å². The van der Waals surface area contributed by atoms with Crippen molar-refractivity contribution < 1.29 is 37.8 Å². The van der Waals surface area contributed by atoms with Gasteiger partial charge in [-0.1, -0.05) is 12.7 Å². The second kappa shape index (κ2) is 12.8. The van der Waals surface area contributed by atoms with Crippen LogP contribution in [0.2, 0.25) is 0 Å². The topological polar surface area (TPSA) is 138 Å². The molecule has 150 valence electrons. The number of hydrogen-bond donors (Lipinski definition) is 2. The Kier molecular flexibility index (Phi) is 13.1. The molecule has 0 aliphatic heterocycles. The molecule has 0 aliphatic carbocycles. The first-order valence-electron chi connectivity index (χ1n) is 7.23. The molecule has 2 aromatic heterocycles. The molecule has 2 rings (SSSR count). The maximum atomic E-state index is 9.22. The number of allylic oxidation sites excluding steroid dienone is 1. The molecule has 0 radical (unpaired) electrons. The summed E-state index contributed by atoms with van der Waals surface area (Å²) >= 11 is 0. The van der Waals surface area contributed by atoms with Crippen LogP contribution < -0.4 is 18.9 Å². The van der Waals surface area contributed by atoms with Crippen molar-refractivity contribution in [1.82, 2.24) is 9.13 Å². The Hall–Kier alpha value is -1.54. The van der Waals surface area contributed by atoms with Crippen LogP contribution in [0.1, 0.15) is 0 Å². The first-order chi connectivity index (χ1) is 11.6. The minimum atomic E-state index is -3.89. The van der Waals surface area contributed by atoms with Gasteiger partial charge in [0.1, 0.15) is 46.5 Å². The highest BCUT2D eigenvalue weighted by atomic mass is 31.2. The predicted octanol–water partition coefficient (Wildman–Crippen LogP) is -1.33. The van der Waals surface area contributed by atoms with Gasteiger partial charge in [0.05, 0.1) is 21.1 Å². The molecule has 2 aromatic rings. The van der Waals surface area contributed by atoms with Gasteiger partial charge in [-0.25, -0.2) is 18.3 Å². The number of aromatic nitrogens is 4. The highest BCUT2D eigenvalue weighted by molar-refractivity contribution is 7.49. The lowest BCUT2D eigenvalue weighted by atomic mass is 10.6. The Balaban J connectivity index is 0. The molecule has 0 aromatic carbocycles. The number of nitrogens with zero attached hydrogens (tertiary/aromatic N) is 4. The van der Waals surface area contributed by atoms with E-state index in [-0.39, 0.29) is 0 Å². The highest BCUT2D eigenvalue weighted by Gasteiger charge is 1.93. The Bertz CT molecular complexity index is 678. The summed E-state index contributed by atoms with van der Waals surface area (Å²) in [6, 6.07) is 0. The molecule has 10 nitrogen and oxygen atoms in total. The molecule has 0 saturated heterocycles. The average Bonchev–Trinajstić information content (AvgIpc) is 2.95. The van der Waals surface area contributed by atoms with Crippen molar-refractivity contribution in [3.8, 4) is 0 Å². The van der Waals surface area contributed by atoms with Crippen molar-refractivity contribution in [1.29, 1.82) is 0 Å². The Morgan fingerprint density at radius 1 is 1.04 bits per heavy atom. The molecule has 2 heterocycles. The predicted molar refractivity (Wildman–Crippen MR) is 93.9 cm³/mol. The Labute approximate surface area is 154 Å². The summed E-state index contributed by atoms with van der Waals surface area (Å²) < 4.78 is 26.5. The van der Waals surface area contributed by atoms with Gasteiger partial charge >= 0.3 is 0 Å². The van der Waals surface area contributed by atoms with Gasteiger partial charge in [0, 0.05) is 13.3 Å². The molecule has 12 heteroatoms. The minimum Gasteiger partial charge on any atom is -0.779 e. The molecular formula is C14H28N4O6P2. The van der Waals surface area contributed by atoms with Crippen LogP contribution >= 0.6 is 15.2 Å². The van der Waals surface area contributed by atoms with Crippen LogP contribution in [0.25, 0.3) is 0 Å². The maximum absolute atomic E-state index is 9.22. The molecule has 0 amide bonds. The number of rotatable bonds is 2. The molecule has 0 bridgehead atoms. The molecule has 2 N–H and O–H groups in total. The molecule has 0 fully saturated rings. The van der Waals surface area contributed by atoms with Gasteiger partial charge in [-0.3, -0.25) is 0 Å². The molecule has 0 aliphatic rings. The lowest BCUT2D eigenvalue weighted by Crippen LogP contribution is -2.23. The molecule has 2 unspecified atom stereocenters. The van der Waals surface area contributed by atoms with Crippen molar-refractivity contribution >= 4 is 15.2 Å². The van der Waals surface area contributed by atoms with Crippen molar-refractivity contribution in [2.45, 2.75) is 6.54 Å². The van der Waals surface area contributed by atoms with Crippen molar-refractivity contribution in [3.05, 3.63) is 50.1 Å². The zero-order valence-electron chi connectivity index (χ0n) is 15.7. The van der Waals surface area contributed by atoms with E-state index in [1.807, 2.05) is 78.4 Å². The van der Waals surface area contributed by atoms with E-state index in [2.05, 4.69) is 11.1 Å². The normalized spacial score (nSPS) is 14.0. The summed E-state index contributed by atoms with van der Waals surface area (Å²) in [7, 11) is -1.78. The van der Waals surface area contributed by atoms with Crippen LogP contribution in [-0.2, 0) is 36.8 Å². The van der Waals surface area contributed by atoms with Crippen LogP contribution in [0.3, 0.4) is 0 Å². The van der Waals surface area contributed by atoms with Crippen LogP contribution in [0.15, 0.2) is 50.1 Å². The van der Waals surface area contributed by atoms with Crippen LogP contribution in [0, 0.1) is 0 Å². The second-order valence-electron chi connectivity index (χ2n) is 5.42. The van der Waals surface area contributed by atoms with Gasteiger partial charge in [0.25, 0.3) is 0 Å². The average molecular weight is 410 g/mol. The number of imidazole rings is 2. The quantitative estimate of drug-likeness (QED) is 0.358. The third kappa shape index (κ3) is 27.3. The summed E-state index contributed by atoms with van der Waals surface area (Å²) in [6.45, 7) is 6.01. The minimum absolute atomic E-state index is 0.743. The first kappa shape index (κ1) is 26.7. The Morgan fingerprint density at radius 3 is 1.62 bits per heavy atom. The van der Waals surface area contributed by atoms with E-state index in [0.29, 0.717) is 0 Å². The summed E-state index contributed by atoms with van der Waals surface area (Å²) in [6.07, 6.45) is 13.9. The van der Waals surface area contributed by atoms with Crippen molar-refractivity contribution in [2.24, 2.45) is 21.1 Å². The van der Waals surface area contributed by atoms with Gasteiger partial charge in [0.2, 0.25) is 12.7 Å². The number of aryl methyl sites for hydroxylation is 3.